The Morgan fingerprint density at radius 3 is 2.60 bits per heavy atom. The minimum Gasteiger partial charge on any atom is -0.377 e. The lowest BCUT2D eigenvalue weighted by atomic mass is 10.1. The first-order chi connectivity index (χ1) is 7.25. The van der Waals surface area contributed by atoms with Crippen LogP contribution >= 0.6 is 12.6 Å². The highest BCUT2D eigenvalue weighted by molar-refractivity contribution is 7.80. The van der Waals surface area contributed by atoms with Crippen LogP contribution in [0.4, 0.5) is 0 Å². The molecule has 0 saturated carbocycles. The zero-order valence-corrected chi connectivity index (χ0v) is 11.0. The van der Waals surface area contributed by atoms with Gasteiger partial charge in [-0.1, -0.05) is 12.8 Å². The smallest absolute Gasteiger partial charge is 0.0702 e. The molecule has 0 bridgehead atoms. The second-order valence-electron chi connectivity index (χ2n) is 4.55. The van der Waals surface area contributed by atoms with Crippen LogP contribution in [0.15, 0.2) is 0 Å². The van der Waals surface area contributed by atoms with Crippen molar-refractivity contribution < 1.29 is 4.74 Å². The molecule has 15 heavy (non-hydrogen) atoms. The molecule has 3 heteroatoms. The average molecular weight is 231 g/mol. The minimum absolute atomic E-state index is 0.424. The van der Waals surface area contributed by atoms with E-state index in [4.69, 9.17) is 4.74 Å². The van der Waals surface area contributed by atoms with E-state index >= 15 is 0 Å². The van der Waals surface area contributed by atoms with Crippen LogP contribution in [0.25, 0.3) is 0 Å². The molecule has 1 aliphatic rings. The Hall–Kier alpha value is 0.270. The SMILES string of the molecule is CC1OCCC1N(C)CCCCCCS. The second-order valence-corrected chi connectivity index (χ2v) is 5.00. The Kier molecular flexibility index (Phi) is 6.69. The van der Waals surface area contributed by atoms with E-state index in [0.717, 1.165) is 12.4 Å². The van der Waals surface area contributed by atoms with Crippen molar-refractivity contribution in [2.24, 2.45) is 0 Å². The maximum atomic E-state index is 5.58. The third-order valence-electron chi connectivity index (χ3n) is 3.32. The summed E-state index contributed by atoms with van der Waals surface area (Å²) in [6.45, 7) is 4.34. The van der Waals surface area contributed by atoms with Crippen molar-refractivity contribution in [2.75, 3.05) is 26.0 Å². The van der Waals surface area contributed by atoms with Crippen LogP contribution in [0.3, 0.4) is 0 Å². The van der Waals surface area contributed by atoms with Gasteiger partial charge in [0.05, 0.1) is 6.10 Å². The van der Waals surface area contributed by atoms with E-state index in [9.17, 15) is 0 Å². The molecular formula is C12H25NOS. The van der Waals surface area contributed by atoms with Gasteiger partial charge in [-0.05, 0) is 45.5 Å². The fourth-order valence-corrected chi connectivity index (χ4v) is 2.52. The number of nitrogens with zero attached hydrogens (tertiary/aromatic N) is 1. The quantitative estimate of drug-likeness (QED) is 0.534. The van der Waals surface area contributed by atoms with Crippen LogP contribution in [-0.4, -0.2) is 43.0 Å². The lowest BCUT2D eigenvalue weighted by Gasteiger charge is -2.26. The highest BCUT2D eigenvalue weighted by Crippen LogP contribution is 2.18. The number of unbranched alkanes of at least 4 members (excludes halogenated alkanes) is 3. The first kappa shape index (κ1) is 13.3. The summed E-state index contributed by atoms with van der Waals surface area (Å²) < 4.78 is 5.58. The third kappa shape index (κ3) is 4.75. The summed E-state index contributed by atoms with van der Waals surface area (Å²) in [5, 5.41) is 0. The molecule has 1 rings (SSSR count). The summed E-state index contributed by atoms with van der Waals surface area (Å²) in [7, 11) is 2.23. The molecule has 0 aliphatic carbocycles. The van der Waals surface area contributed by atoms with Gasteiger partial charge in [-0.15, -0.1) is 0 Å². The molecule has 0 aromatic rings. The number of likely N-dealkylation sites (N-methyl/N-ethyl adjacent to an activating group) is 1. The largest absolute Gasteiger partial charge is 0.377 e. The standard InChI is InChI=1S/C12H25NOS/c1-11-12(7-9-14-11)13(2)8-5-3-4-6-10-15/h11-12,15H,3-10H2,1-2H3. The molecule has 2 unspecified atom stereocenters. The van der Waals surface area contributed by atoms with Gasteiger partial charge in [-0.25, -0.2) is 0 Å². The number of hydrogen-bond acceptors (Lipinski definition) is 3. The van der Waals surface area contributed by atoms with Crippen molar-refractivity contribution in [1.29, 1.82) is 0 Å². The van der Waals surface area contributed by atoms with Crippen molar-refractivity contribution in [3.63, 3.8) is 0 Å². The van der Waals surface area contributed by atoms with Crippen molar-refractivity contribution >= 4 is 12.6 Å². The van der Waals surface area contributed by atoms with E-state index in [1.807, 2.05) is 0 Å². The Bertz CT molecular complexity index is 166. The van der Waals surface area contributed by atoms with Gasteiger partial charge in [0.15, 0.2) is 0 Å². The molecule has 1 fully saturated rings. The number of thiol groups is 1. The summed E-state index contributed by atoms with van der Waals surface area (Å²) in [5.41, 5.74) is 0. The van der Waals surface area contributed by atoms with Crippen LogP contribution in [0.1, 0.15) is 39.0 Å². The van der Waals surface area contributed by atoms with Crippen LogP contribution < -0.4 is 0 Å². The fraction of sp³-hybridized carbons (Fsp3) is 1.00. The predicted molar refractivity (Wildman–Crippen MR) is 68.8 cm³/mol. The highest BCUT2D eigenvalue weighted by Gasteiger charge is 2.27. The van der Waals surface area contributed by atoms with Crippen molar-refractivity contribution in [3.8, 4) is 0 Å². The van der Waals surface area contributed by atoms with Gasteiger partial charge in [0.25, 0.3) is 0 Å². The highest BCUT2D eigenvalue weighted by atomic mass is 32.1. The molecule has 2 atom stereocenters. The van der Waals surface area contributed by atoms with Gasteiger partial charge in [0.2, 0.25) is 0 Å². The van der Waals surface area contributed by atoms with E-state index in [0.29, 0.717) is 12.1 Å². The monoisotopic (exact) mass is 231 g/mol. The molecule has 1 saturated heterocycles. The first-order valence-electron chi connectivity index (χ1n) is 6.18. The molecular weight excluding hydrogens is 206 g/mol. The Labute approximate surface area is 99.8 Å². The lowest BCUT2D eigenvalue weighted by Crippen LogP contribution is -2.37. The Morgan fingerprint density at radius 2 is 2.00 bits per heavy atom. The maximum absolute atomic E-state index is 5.58. The van der Waals surface area contributed by atoms with E-state index in [2.05, 4.69) is 31.5 Å². The van der Waals surface area contributed by atoms with Gasteiger partial charge in [0, 0.05) is 12.6 Å². The van der Waals surface area contributed by atoms with E-state index in [1.165, 1.54) is 38.6 Å². The number of hydrogen-bond donors (Lipinski definition) is 1. The van der Waals surface area contributed by atoms with Gasteiger partial charge in [0.1, 0.15) is 0 Å². The van der Waals surface area contributed by atoms with Crippen LogP contribution in [0.2, 0.25) is 0 Å². The van der Waals surface area contributed by atoms with Gasteiger partial charge in [-0.2, -0.15) is 12.6 Å². The summed E-state index contributed by atoms with van der Waals surface area (Å²) in [5.74, 6) is 1.03. The summed E-state index contributed by atoms with van der Waals surface area (Å²) in [4.78, 5) is 2.47. The number of ether oxygens (including phenoxy) is 1. The van der Waals surface area contributed by atoms with E-state index in [-0.39, 0.29) is 0 Å². The Balaban J connectivity index is 2.05. The molecule has 2 nitrogen and oxygen atoms in total. The van der Waals surface area contributed by atoms with Crippen molar-refractivity contribution in [3.05, 3.63) is 0 Å². The average Bonchev–Trinajstić information content (AvgIpc) is 2.64. The third-order valence-corrected chi connectivity index (χ3v) is 3.64. The molecule has 0 aromatic heterocycles. The topological polar surface area (TPSA) is 12.5 Å². The Morgan fingerprint density at radius 1 is 1.27 bits per heavy atom. The molecule has 1 aliphatic heterocycles. The molecule has 0 amide bonds. The second kappa shape index (κ2) is 7.53. The summed E-state index contributed by atoms with van der Waals surface area (Å²) in [6, 6.07) is 0.648. The van der Waals surface area contributed by atoms with Crippen LogP contribution in [0.5, 0.6) is 0 Å². The van der Waals surface area contributed by atoms with Crippen LogP contribution in [0, 0.1) is 0 Å². The van der Waals surface area contributed by atoms with Gasteiger partial charge >= 0.3 is 0 Å². The molecule has 0 N–H and O–H groups in total. The predicted octanol–water partition coefficient (Wildman–Crippen LogP) is 2.59. The summed E-state index contributed by atoms with van der Waals surface area (Å²) >= 11 is 4.22. The molecule has 0 spiro atoms. The minimum atomic E-state index is 0.424. The molecule has 0 radical (unpaired) electrons. The normalized spacial score (nSPS) is 26.4. The van der Waals surface area contributed by atoms with Crippen LogP contribution in [-0.2, 0) is 4.74 Å². The lowest BCUT2D eigenvalue weighted by molar-refractivity contribution is 0.0831. The zero-order chi connectivity index (χ0) is 11.1. The van der Waals surface area contributed by atoms with E-state index < -0.39 is 0 Å². The molecule has 90 valence electrons. The van der Waals surface area contributed by atoms with Gasteiger partial charge in [-0.3, -0.25) is 0 Å². The number of rotatable bonds is 7. The van der Waals surface area contributed by atoms with E-state index in [1.54, 1.807) is 0 Å². The van der Waals surface area contributed by atoms with Crippen molar-refractivity contribution in [1.82, 2.24) is 4.90 Å². The summed E-state index contributed by atoms with van der Waals surface area (Å²) in [6.07, 6.45) is 6.87. The fourth-order valence-electron chi connectivity index (χ4n) is 2.29. The van der Waals surface area contributed by atoms with Gasteiger partial charge < -0.3 is 9.64 Å². The maximum Gasteiger partial charge on any atom is 0.0702 e. The molecule has 0 aromatic carbocycles. The van der Waals surface area contributed by atoms with Crippen molar-refractivity contribution in [2.45, 2.75) is 51.2 Å². The first-order valence-corrected chi connectivity index (χ1v) is 6.81. The molecule has 1 heterocycles. The zero-order valence-electron chi connectivity index (χ0n) is 10.1.